The number of rotatable bonds is 2. The van der Waals surface area contributed by atoms with E-state index in [4.69, 9.17) is 16.3 Å². The number of benzene rings is 2. The first-order valence-electron chi connectivity index (χ1n) is 7.94. The van der Waals surface area contributed by atoms with E-state index in [-0.39, 0.29) is 5.60 Å². The largest absolute Gasteiger partial charge is 0.365 e. The SMILES string of the molecule is Clc1ccc2c(c1)COC21CCN(Cc2ccccc2)CC1. The van der Waals surface area contributed by atoms with Crippen LogP contribution in [0.3, 0.4) is 0 Å². The van der Waals surface area contributed by atoms with Crippen LogP contribution in [-0.4, -0.2) is 18.0 Å². The van der Waals surface area contributed by atoms with Gasteiger partial charge in [-0.25, -0.2) is 0 Å². The molecule has 114 valence electrons. The third-order valence-corrected chi connectivity index (χ3v) is 5.21. The van der Waals surface area contributed by atoms with E-state index < -0.39 is 0 Å². The fourth-order valence-electron chi connectivity index (χ4n) is 3.75. The van der Waals surface area contributed by atoms with Gasteiger partial charge in [0.15, 0.2) is 0 Å². The van der Waals surface area contributed by atoms with Crippen LogP contribution in [0.25, 0.3) is 0 Å². The van der Waals surface area contributed by atoms with E-state index in [0.717, 1.165) is 37.5 Å². The molecule has 0 radical (unpaired) electrons. The first kappa shape index (κ1) is 14.3. The molecule has 3 heteroatoms. The van der Waals surface area contributed by atoms with Crippen molar-refractivity contribution in [1.82, 2.24) is 4.90 Å². The standard InChI is InChI=1S/C19H20ClNO/c20-17-6-7-18-16(12-17)14-22-19(18)8-10-21(11-9-19)13-15-4-2-1-3-5-15/h1-7,12H,8-11,13-14H2. The van der Waals surface area contributed by atoms with Crippen molar-refractivity contribution in [1.29, 1.82) is 0 Å². The Morgan fingerprint density at radius 3 is 2.59 bits per heavy atom. The molecule has 0 aromatic heterocycles. The van der Waals surface area contributed by atoms with Gasteiger partial charge in [-0.1, -0.05) is 48.0 Å². The molecule has 1 fully saturated rings. The second kappa shape index (κ2) is 5.69. The number of hydrogen-bond acceptors (Lipinski definition) is 2. The third kappa shape index (κ3) is 2.56. The zero-order valence-electron chi connectivity index (χ0n) is 12.6. The fourth-order valence-corrected chi connectivity index (χ4v) is 3.94. The van der Waals surface area contributed by atoms with Gasteiger partial charge in [0.2, 0.25) is 0 Å². The minimum Gasteiger partial charge on any atom is -0.365 e. The Balaban J connectivity index is 1.47. The lowest BCUT2D eigenvalue weighted by atomic mass is 9.83. The molecule has 4 rings (SSSR count). The number of nitrogens with zero attached hydrogens (tertiary/aromatic N) is 1. The summed E-state index contributed by atoms with van der Waals surface area (Å²) in [4.78, 5) is 2.53. The minimum atomic E-state index is -0.0763. The van der Waals surface area contributed by atoms with Crippen LogP contribution in [0, 0.1) is 0 Å². The number of piperidine rings is 1. The van der Waals surface area contributed by atoms with Gasteiger partial charge in [0.25, 0.3) is 0 Å². The number of ether oxygens (including phenoxy) is 1. The second-order valence-electron chi connectivity index (χ2n) is 6.35. The highest BCUT2D eigenvalue weighted by molar-refractivity contribution is 6.30. The van der Waals surface area contributed by atoms with Crippen LogP contribution in [0.15, 0.2) is 48.5 Å². The predicted octanol–water partition coefficient (Wildman–Crippen LogP) is 4.36. The Morgan fingerprint density at radius 2 is 1.82 bits per heavy atom. The van der Waals surface area contributed by atoms with E-state index in [2.05, 4.69) is 47.4 Å². The molecule has 2 nitrogen and oxygen atoms in total. The zero-order chi connectivity index (χ0) is 15.0. The van der Waals surface area contributed by atoms with Gasteiger partial charge in [-0.05, 0) is 41.7 Å². The molecule has 2 aliphatic heterocycles. The van der Waals surface area contributed by atoms with E-state index in [1.165, 1.54) is 16.7 Å². The average molecular weight is 314 g/mol. The van der Waals surface area contributed by atoms with Gasteiger partial charge in [0, 0.05) is 24.7 Å². The Morgan fingerprint density at radius 1 is 1.05 bits per heavy atom. The molecule has 0 atom stereocenters. The molecule has 0 amide bonds. The van der Waals surface area contributed by atoms with Gasteiger partial charge in [0.05, 0.1) is 12.2 Å². The van der Waals surface area contributed by atoms with E-state index in [0.29, 0.717) is 6.61 Å². The van der Waals surface area contributed by atoms with Crippen LogP contribution in [0.5, 0.6) is 0 Å². The Bertz CT molecular complexity index is 662. The summed E-state index contributed by atoms with van der Waals surface area (Å²) in [5, 5.41) is 0.806. The van der Waals surface area contributed by atoms with Crippen LogP contribution in [0.1, 0.15) is 29.5 Å². The molecule has 2 aromatic rings. The van der Waals surface area contributed by atoms with Crippen molar-refractivity contribution in [2.45, 2.75) is 31.6 Å². The van der Waals surface area contributed by atoms with E-state index in [9.17, 15) is 0 Å². The molecule has 22 heavy (non-hydrogen) atoms. The summed E-state index contributed by atoms with van der Waals surface area (Å²) in [7, 11) is 0. The van der Waals surface area contributed by atoms with Gasteiger partial charge >= 0.3 is 0 Å². The summed E-state index contributed by atoms with van der Waals surface area (Å²) in [6.45, 7) is 3.90. The molecule has 0 unspecified atom stereocenters. The summed E-state index contributed by atoms with van der Waals surface area (Å²) in [5.74, 6) is 0. The zero-order valence-corrected chi connectivity index (χ0v) is 13.4. The normalized spacial score (nSPS) is 20.2. The quantitative estimate of drug-likeness (QED) is 0.816. The third-order valence-electron chi connectivity index (χ3n) is 4.97. The molecule has 2 heterocycles. The summed E-state index contributed by atoms with van der Waals surface area (Å²) in [6.07, 6.45) is 2.13. The van der Waals surface area contributed by atoms with Crippen molar-refractivity contribution >= 4 is 11.6 Å². The fraction of sp³-hybridized carbons (Fsp3) is 0.368. The monoisotopic (exact) mass is 313 g/mol. The summed E-state index contributed by atoms with van der Waals surface area (Å²) >= 11 is 6.10. The highest BCUT2D eigenvalue weighted by Crippen LogP contribution is 2.44. The lowest BCUT2D eigenvalue weighted by Crippen LogP contribution is -2.42. The molecular formula is C19H20ClNO. The van der Waals surface area contributed by atoms with Gasteiger partial charge in [0.1, 0.15) is 0 Å². The van der Waals surface area contributed by atoms with E-state index >= 15 is 0 Å². The van der Waals surface area contributed by atoms with Crippen molar-refractivity contribution in [3.05, 3.63) is 70.2 Å². The minimum absolute atomic E-state index is 0.0763. The number of fused-ring (bicyclic) bond motifs is 2. The second-order valence-corrected chi connectivity index (χ2v) is 6.78. The smallest absolute Gasteiger partial charge is 0.0963 e. The predicted molar refractivity (Wildman–Crippen MR) is 88.9 cm³/mol. The first-order valence-corrected chi connectivity index (χ1v) is 8.32. The average Bonchev–Trinajstić information content (AvgIpc) is 2.89. The maximum atomic E-state index is 6.22. The van der Waals surface area contributed by atoms with E-state index in [1.54, 1.807) is 0 Å². The molecule has 1 saturated heterocycles. The maximum Gasteiger partial charge on any atom is 0.0963 e. The molecule has 0 bridgehead atoms. The topological polar surface area (TPSA) is 12.5 Å². The summed E-state index contributed by atoms with van der Waals surface area (Å²) in [6, 6.07) is 16.9. The van der Waals surface area contributed by atoms with Gasteiger partial charge in [-0.15, -0.1) is 0 Å². The van der Waals surface area contributed by atoms with Gasteiger partial charge < -0.3 is 4.74 Å². The van der Waals surface area contributed by atoms with Crippen molar-refractivity contribution in [2.75, 3.05) is 13.1 Å². The van der Waals surface area contributed by atoms with Crippen molar-refractivity contribution in [2.24, 2.45) is 0 Å². The first-order chi connectivity index (χ1) is 10.8. The highest BCUT2D eigenvalue weighted by atomic mass is 35.5. The summed E-state index contributed by atoms with van der Waals surface area (Å²) < 4.78 is 6.22. The number of hydrogen-bond donors (Lipinski definition) is 0. The maximum absolute atomic E-state index is 6.22. The van der Waals surface area contributed by atoms with Crippen LogP contribution in [0.4, 0.5) is 0 Å². The summed E-state index contributed by atoms with van der Waals surface area (Å²) in [5.41, 5.74) is 3.94. The molecule has 1 spiro atoms. The highest BCUT2D eigenvalue weighted by Gasteiger charge is 2.42. The van der Waals surface area contributed by atoms with Crippen LogP contribution in [-0.2, 0) is 23.5 Å². The molecule has 2 aromatic carbocycles. The lowest BCUT2D eigenvalue weighted by molar-refractivity contribution is -0.0799. The lowest BCUT2D eigenvalue weighted by Gasteiger charge is -2.39. The van der Waals surface area contributed by atoms with Gasteiger partial charge in [-0.2, -0.15) is 0 Å². The Kier molecular flexibility index (Phi) is 3.69. The van der Waals surface area contributed by atoms with Crippen LogP contribution >= 0.6 is 11.6 Å². The van der Waals surface area contributed by atoms with Gasteiger partial charge in [-0.3, -0.25) is 4.90 Å². The molecule has 2 aliphatic rings. The van der Waals surface area contributed by atoms with Crippen LogP contribution < -0.4 is 0 Å². The van der Waals surface area contributed by atoms with Crippen LogP contribution in [0.2, 0.25) is 5.02 Å². The Labute approximate surface area is 136 Å². The van der Waals surface area contributed by atoms with Crippen molar-refractivity contribution in [3.63, 3.8) is 0 Å². The Hall–Kier alpha value is -1.35. The molecule has 0 saturated carbocycles. The number of halogens is 1. The van der Waals surface area contributed by atoms with Crippen molar-refractivity contribution in [3.8, 4) is 0 Å². The molecular weight excluding hydrogens is 294 g/mol. The molecule has 0 N–H and O–H groups in total. The number of likely N-dealkylation sites (tertiary alicyclic amines) is 1. The van der Waals surface area contributed by atoms with E-state index in [1.807, 2.05) is 6.07 Å². The molecule has 0 aliphatic carbocycles. The van der Waals surface area contributed by atoms with Crippen molar-refractivity contribution < 1.29 is 4.74 Å².